The fraction of sp³-hybridized carbons (Fsp3) is 0. The SMILES string of the molecule is c1ccc(-c2cc3ccccc3c3cnccc23)cc1. The average Bonchev–Trinajstić information content (AvgIpc) is 2.55. The first-order valence-corrected chi connectivity index (χ1v) is 6.74. The highest BCUT2D eigenvalue weighted by Gasteiger charge is 2.07. The van der Waals surface area contributed by atoms with Gasteiger partial charge in [0.2, 0.25) is 0 Å². The molecule has 1 heteroatoms. The van der Waals surface area contributed by atoms with Crippen molar-refractivity contribution in [3.05, 3.63) is 79.1 Å². The molecule has 0 unspecified atom stereocenters. The summed E-state index contributed by atoms with van der Waals surface area (Å²) in [6.07, 6.45) is 3.83. The number of hydrogen-bond donors (Lipinski definition) is 0. The Morgan fingerprint density at radius 3 is 2.35 bits per heavy atom. The Morgan fingerprint density at radius 1 is 0.650 bits per heavy atom. The molecule has 1 aromatic heterocycles. The largest absolute Gasteiger partial charge is 0.264 e. The Kier molecular flexibility index (Phi) is 2.49. The number of rotatable bonds is 1. The lowest BCUT2D eigenvalue weighted by Gasteiger charge is -2.10. The van der Waals surface area contributed by atoms with Crippen molar-refractivity contribution in [3.63, 3.8) is 0 Å². The van der Waals surface area contributed by atoms with Gasteiger partial charge in [0.15, 0.2) is 0 Å². The molecule has 94 valence electrons. The second kappa shape index (κ2) is 4.46. The molecule has 20 heavy (non-hydrogen) atoms. The lowest BCUT2D eigenvalue weighted by atomic mass is 9.94. The summed E-state index contributed by atoms with van der Waals surface area (Å²) in [5.74, 6) is 0. The maximum Gasteiger partial charge on any atom is 0.0352 e. The standard InChI is InChI=1S/C19H13N/c1-2-6-14(7-3-1)18-12-15-8-4-5-9-16(15)19-13-20-11-10-17(18)19/h1-13H. The molecule has 0 radical (unpaired) electrons. The number of nitrogens with zero attached hydrogens (tertiary/aromatic N) is 1. The van der Waals surface area contributed by atoms with E-state index in [2.05, 4.69) is 65.6 Å². The Labute approximate surface area is 117 Å². The zero-order valence-corrected chi connectivity index (χ0v) is 11.0. The lowest BCUT2D eigenvalue weighted by Crippen LogP contribution is -1.85. The van der Waals surface area contributed by atoms with Crippen LogP contribution in [0.3, 0.4) is 0 Å². The van der Waals surface area contributed by atoms with E-state index < -0.39 is 0 Å². The van der Waals surface area contributed by atoms with Crippen LogP contribution in [0.2, 0.25) is 0 Å². The van der Waals surface area contributed by atoms with Gasteiger partial charge in [0.1, 0.15) is 0 Å². The third kappa shape index (κ3) is 1.68. The molecule has 1 heterocycles. The Balaban J connectivity index is 2.19. The molecular formula is C19H13N. The van der Waals surface area contributed by atoms with E-state index >= 15 is 0 Å². The normalized spacial score (nSPS) is 11.0. The van der Waals surface area contributed by atoms with Gasteiger partial charge in [-0.3, -0.25) is 4.98 Å². The molecule has 0 fully saturated rings. The van der Waals surface area contributed by atoms with Crippen LogP contribution in [0.4, 0.5) is 0 Å². The molecule has 0 spiro atoms. The highest BCUT2D eigenvalue weighted by molar-refractivity contribution is 6.13. The van der Waals surface area contributed by atoms with Crippen molar-refractivity contribution in [2.75, 3.05) is 0 Å². The van der Waals surface area contributed by atoms with Gasteiger partial charge in [0, 0.05) is 17.8 Å². The Hall–Kier alpha value is -2.67. The maximum absolute atomic E-state index is 4.30. The van der Waals surface area contributed by atoms with Crippen LogP contribution < -0.4 is 0 Å². The number of hydrogen-bond acceptors (Lipinski definition) is 1. The summed E-state index contributed by atoms with van der Waals surface area (Å²) < 4.78 is 0. The molecule has 4 aromatic rings. The van der Waals surface area contributed by atoms with Gasteiger partial charge in [-0.2, -0.15) is 0 Å². The number of fused-ring (bicyclic) bond motifs is 3. The third-order valence-electron chi connectivity index (χ3n) is 3.75. The molecule has 4 rings (SSSR count). The van der Waals surface area contributed by atoms with Crippen LogP contribution in [0, 0.1) is 0 Å². The van der Waals surface area contributed by atoms with E-state index in [4.69, 9.17) is 0 Å². The summed E-state index contributed by atoms with van der Waals surface area (Å²) in [5, 5.41) is 4.98. The van der Waals surface area contributed by atoms with E-state index in [1.54, 1.807) is 0 Å². The van der Waals surface area contributed by atoms with Gasteiger partial charge < -0.3 is 0 Å². The minimum Gasteiger partial charge on any atom is -0.264 e. The number of pyridine rings is 1. The highest BCUT2D eigenvalue weighted by atomic mass is 14.6. The van der Waals surface area contributed by atoms with Crippen LogP contribution in [0.1, 0.15) is 0 Å². The second-order valence-electron chi connectivity index (χ2n) is 4.93. The monoisotopic (exact) mass is 255 g/mol. The molecule has 0 aliphatic heterocycles. The van der Waals surface area contributed by atoms with Gasteiger partial charge in [0.05, 0.1) is 0 Å². The first-order valence-electron chi connectivity index (χ1n) is 6.74. The van der Waals surface area contributed by atoms with Crippen molar-refractivity contribution in [2.24, 2.45) is 0 Å². The zero-order valence-electron chi connectivity index (χ0n) is 11.0. The predicted octanol–water partition coefficient (Wildman–Crippen LogP) is 5.06. The molecule has 0 saturated carbocycles. The summed E-state index contributed by atoms with van der Waals surface area (Å²) in [6, 6.07) is 23.4. The van der Waals surface area contributed by atoms with Crippen LogP contribution >= 0.6 is 0 Å². The summed E-state index contributed by atoms with van der Waals surface area (Å²) in [5.41, 5.74) is 2.51. The molecule has 0 bridgehead atoms. The molecule has 0 aliphatic rings. The fourth-order valence-electron chi connectivity index (χ4n) is 2.80. The number of aromatic nitrogens is 1. The highest BCUT2D eigenvalue weighted by Crippen LogP contribution is 2.34. The van der Waals surface area contributed by atoms with Gasteiger partial charge in [0.25, 0.3) is 0 Å². The molecule has 0 atom stereocenters. The Morgan fingerprint density at radius 2 is 1.45 bits per heavy atom. The average molecular weight is 255 g/mol. The maximum atomic E-state index is 4.30. The van der Waals surface area contributed by atoms with E-state index in [0.29, 0.717) is 0 Å². The summed E-state index contributed by atoms with van der Waals surface area (Å²) in [6.45, 7) is 0. The molecule has 3 aromatic carbocycles. The summed E-state index contributed by atoms with van der Waals surface area (Å²) in [7, 11) is 0. The smallest absolute Gasteiger partial charge is 0.0352 e. The number of benzene rings is 3. The minimum absolute atomic E-state index is 1.21. The van der Waals surface area contributed by atoms with Crippen molar-refractivity contribution in [2.45, 2.75) is 0 Å². The minimum atomic E-state index is 1.21. The van der Waals surface area contributed by atoms with E-state index in [1.165, 1.54) is 32.7 Å². The fourth-order valence-corrected chi connectivity index (χ4v) is 2.80. The van der Waals surface area contributed by atoms with Crippen LogP contribution in [-0.2, 0) is 0 Å². The van der Waals surface area contributed by atoms with E-state index in [-0.39, 0.29) is 0 Å². The summed E-state index contributed by atoms with van der Waals surface area (Å²) in [4.78, 5) is 4.30. The van der Waals surface area contributed by atoms with Gasteiger partial charge >= 0.3 is 0 Å². The first kappa shape index (κ1) is 11.2. The Bertz CT molecular complexity index is 895. The second-order valence-corrected chi connectivity index (χ2v) is 4.93. The lowest BCUT2D eigenvalue weighted by molar-refractivity contribution is 1.37. The van der Waals surface area contributed by atoms with Crippen LogP contribution in [0.15, 0.2) is 79.1 Å². The topological polar surface area (TPSA) is 12.9 Å². The van der Waals surface area contributed by atoms with Crippen LogP contribution in [-0.4, -0.2) is 4.98 Å². The molecular weight excluding hydrogens is 242 g/mol. The van der Waals surface area contributed by atoms with Crippen molar-refractivity contribution in [3.8, 4) is 11.1 Å². The van der Waals surface area contributed by atoms with E-state index in [0.717, 1.165) is 0 Å². The van der Waals surface area contributed by atoms with E-state index in [1.807, 2.05) is 18.5 Å². The summed E-state index contributed by atoms with van der Waals surface area (Å²) >= 11 is 0. The third-order valence-corrected chi connectivity index (χ3v) is 3.75. The van der Waals surface area contributed by atoms with Gasteiger partial charge in [-0.15, -0.1) is 0 Å². The van der Waals surface area contributed by atoms with E-state index in [9.17, 15) is 0 Å². The quantitative estimate of drug-likeness (QED) is 0.433. The van der Waals surface area contributed by atoms with Crippen molar-refractivity contribution >= 4 is 21.5 Å². The molecule has 0 amide bonds. The molecule has 1 nitrogen and oxygen atoms in total. The zero-order chi connectivity index (χ0) is 13.4. The molecule has 0 N–H and O–H groups in total. The van der Waals surface area contributed by atoms with Gasteiger partial charge in [-0.05, 0) is 39.4 Å². The van der Waals surface area contributed by atoms with Crippen molar-refractivity contribution < 1.29 is 0 Å². The molecule has 0 aliphatic carbocycles. The van der Waals surface area contributed by atoms with Crippen molar-refractivity contribution in [1.29, 1.82) is 0 Å². The molecule has 0 saturated heterocycles. The van der Waals surface area contributed by atoms with Crippen molar-refractivity contribution in [1.82, 2.24) is 4.98 Å². The first-order chi connectivity index (χ1) is 9.93. The van der Waals surface area contributed by atoms with Crippen LogP contribution in [0.5, 0.6) is 0 Å². The predicted molar refractivity (Wildman–Crippen MR) is 84.7 cm³/mol. The van der Waals surface area contributed by atoms with Gasteiger partial charge in [-0.1, -0.05) is 54.6 Å². The van der Waals surface area contributed by atoms with Crippen LogP contribution in [0.25, 0.3) is 32.7 Å². The van der Waals surface area contributed by atoms with Gasteiger partial charge in [-0.25, -0.2) is 0 Å².